The van der Waals surface area contributed by atoms with Gasteiger partial charge in [0.2, 0.25) is 5.69 Å². The summed E-state index contributed by atoms with van der Waals surface area (Å²) in [5.74, 6) is -1.39. The topological polar surface area (TPSA) is 98.8 Å². The predicted octanol–water partition coefficient (Wildman–Crippen LogP) is -0.474. The van der Waals surface area contributed by atoms with Gasteiger partial charge in [-0.3, -0.25) is 14.9 Å². The molecule has 0 radical (unpaired) electrons. The number of hydrogen-bond donors (Lipinski definition) is 3. The fraction of sp³-hybridized carbons (Fsp3) is 0. The Hall–Kier alpha value is -1.50. The Bertz CT molecular complexity index is 392. The lowest BCUT2D eigenvalue weighted by molar-refractivity contribution is 0.0686. The molecule has 58 valence electrons. The summed E-state index contributed by atoms with van der Waals surface area (Å²) in [6.45, 7) is 0. The first kappa shape index (κ1) is 7.61. The molecule has 11 heavy (non-hydrogen) atoms. The van der Waals surface area contributed by atoms with Crippen LogP contribution in [-0.2, 0) is 0 Å². The molecule has 1 aromatic rings. The van der Waals surface area contributed by atoms with Crippen molar-refractivity contribution in [2.45, 2.75) is 0 Å². The molecule has 0 amide bonds. The Morgan fingerprint density at radius 1 is 1.64 bits per heavy atom. The lowest BCUT2D eigenvalue weighted by Gasteiger charge is -1.88. The highest BCUT2D eigenvalue weighted by Crippen LogP contribution is 1.79. The summed E-state index contributed by atoms with van der Waals surface area (Å²) in [7, 11) is 0. The second kappa shape index (κ2) is 2.62. The van der Waals surface area contributed by atoms with Crippen LogP contribution >= 0.6 is 12.2 Å². The van der Waals surface area contributed by atoms with Crippen LogP contribution in [0.5, 0.6) is 0 Å². The molecule has 6 nitrogen and oxygen atoms in total. The van der Waals surface area contributed by atoms with Crippen molar-refractivity contribution in [1.29, 1.82) is 0 Å². The fourth-order valence-electron chi connectivity index (χ4n) is 0.493. The van der Waals surface area contributed by atoms with E-state index in [2.05, 4.69) is 27.4 Å². The normalized spacial score (nSPS) is 9.45. The van der Waals surface area contributed by atoms with Crippen LogP contribution in [0, 0.1) is 4.77 Å². The number of nitrogens with one attached hydrogen (secondary N) is 2. The van der Waals surface area contributed by atoms with Crippen molar-refractivity contribution in [3.8, 4) is 0 Å². The van der Waals surface area contributed by atoms with E-state index in [1.54, 1.807) is 0 Å². The lowest BCUT2D eigenvalue weighted by atomic mass is 10.5. The van der Waals surface area contributed by atoms with Crippen molar-refractivity contribution >= 4 is 18.2 Å². The van der Waals surface area contributed by atoms with Crippen LogP contribution in [0.25, 0.3) is 0 Å². The minimum absolute atomic E-state index is 0.000000000000000222. The molecule has 0 bridgehead atoms. The van der Waals surface area contributed by atoms with E-state index in [-0.39, 0.29) is 4.77 Å². The molecule has 0 aliphatic carbocycles. The molecule has 0 aliphatic rings. The lowest BCUT2D eigenvalue weighted by Crippen LogP contribution is -2.20. The Kier molecular flexibility index (Phi) is 1.81. The van der Waals surface area contributed by atoms with Gasteiger partial charge in [0.15, 0.2) is 4.77 Å². The minimum atomic E-state index is -1.39. The number of carboxylic acid groups (broad SMARTS) is 1. The van der Waals surface area contributed by atoms with Gasteiger partial charge in [-0.2, -0.15) is 5.10 Å². The van der Waals surface area contributed by atoms with Crippen molar-refractivity contribution in [3.63, 3.8) is 0 Å². The van der Waals surface area contributed by atoms with E-state index >= 15 is 0 Å². The van der Waals surface area contributed by atoms with E-state index in [0.29, 0.717) is 0 Å². The average Bonchev–Trinajstić information content (AvgIpc) is 1.85. The van der Waals surface area contributed by atoms with Gasteiger partial charge < -0.3 is 5.11 Å². The van der Waals surface area contributed by atoms with Crippen molar-refractivity contribution in [2.75, 3.05) is 0 Å². The van der Waals surface area contributed by atoms with E-state index in [1.165, 1.54) is 0 Å². The van der Waals surface area contributed by atoms with Gasteiger partial charge in [-0.15, -0.1) is 0 Å². The number of rotatable bonds is 1. The van der Waals surface area contributed by atoms with E-state index in [0.717, 1.165) is 0 Å². The number of hydrogen-bond acceptors (Lipinski definition) is 4. The summed E-state index contributed by atoms with van der Waals surface area (Å²) < 4.78 is 0.000000000000000222. The van der Waals surface area contributed by atoms with Crippen LogP contribution in [0.15, 0.2) is 4.79 Å². The third-order valence-electron chi connectivity index (χ3n) is 0.914. The molecule has 3 N–H and O–H groups in total. The molecule has 0 fully saturated rings. The Morgan fingerprint density at radius 2 is 2.27 bits per heavy atom. The van der Waals surface area contributed by atoms with E-state index in [4.69, 9.17) is 5.11 Å². The van der Waals surface area contributed by atoms with Crippen LogP contribution in [0.2, 0.25) is 0 Å². The molecule has 0 aromatic carbocycles. The van der Waals surface area contributed by atoms with Crippen LogP contribution < -0.4 is 5.56 Å². The molecule has 1 aromatic heterocycles. The zero-order chi connectivity index (χ0) is 8.43. The van der Waals surface area contributed by atoms with Gasteiger partial charge in [0.1, 0.15) is 0 Å². The number of aromatic amines is 2. The van der Waals surface area contributed by atoms with Crippen molar-refractivity contribution in [2.24, 2.45) is 0 Å². The number of aromatic nitrogens is 3. The third-order valence-corrected chi connectivity index (χ3v) is 1.11. The summed E-state index contributed by atoms with van der Waals surface area (Å²) in [5.41, 5.74) is -1.40. The smallest absolute Gasteiger partial charge is 0.362 e. The van der Waals surface area contributed by atoms with E-state index < -0.39 is 17.2 Å². The largest absolute Gasteiger partial charge is 0.476 e. The fourth-order valence-corrected chi connectivity index (χ4v) is 0.631. The highest BCUT2D eigenvalue weighted by atomic mass is 32.1. The van der Waals surface area contributed by atoms with Crippen LogP contribution in [0.4, 0.5) is 0 Å². The summed E-state index contributed by atoms with van der Waals surface area (Å²) in [4.78, 5) is 23.0. The molecule has 0 spiro atoms. The first-order valence-corrected chi connectivity index (χ1v) is 2.94. The van der Waals surface area contributed by atoms with E-state index in [9.17, 15) is 9.59 Å². The van der Waals surface area contributed by atoms with Gasteiger partial charge in [-0.05, 0) is 12.2 Å². The second-order valence-electron chi connectivity index (χ2n) is 1.66. The first-order valence-electron chi connectivity index (χ1n) is 2.53. The molecule has 0 saturated heterocycles. The van der Waals surface area contributed by atoms with Crippen LogP contribution in [0.3, 0.4) is 0 Å². The van der Waals surface area contributed by atoms with Gasteiger partial charge in [-0.1, -0.05) is 0 Å². The quantitative estimate of drug-likeness (QED) is 0.498. The monoisotopic (exact) mass is 173 g/mol. The Morgan fingerprint density at radius 3 is 2.73 bits per heavy atom. The highest BCUT2D eigenvalue weighted by Gasteiger charge is 2.08. The van der Waals surface area contributed by atoms with E-state index in [1.807, 2.05) is 0 Å². The highest BCUT2D eigenvalue weighted by molar-refractivity contribution is 7.71. The maximum absolute atomic E-state index is 10.7. The van der Waals surface area contributed by atoms with Gasteiger partial charge in [0.05, 0.1) is 0 Å². The van der Waals surface area contributed by atoms with Gasteiger partial charge in [0.25, 0.3) is 5.56 Å². The van der Waals surface area contributed by atoms with Gasteiger partial charge in [0, 0.05) is 0 Å². The molecule has 0 saturated carbocycles. The molecule has 0 atom stereocenters. The second-order valence-corrected chi connectivity index (χ2v) is 2.07. The van der Waals surface area contributed by atoms with Crippen molar-refractivity contribution < 1.29 is 9.90 Å². The Balaban J connectivity index is 3.43. The summed E-state index contributed by atoms with van der Waals surface area (Å²) >= 11 is 4.48. The number of carbonyl (C=O) groups is 1. The summed E-state index contributed by atoms with van der Waals surface area (Å²) in [6, 6.07) is 0. The molecule has 7 heteroatoms. The summed E-state index contributed by atoms with van der Waals surface area (Å²) in [5, 5.41) is 13.7. The summed E-state index contributed by atoms with van der Waals surface area (Å²) in [6.07, 6.45) is 0. The standard InChI is InChI=1S/C4H3N3O3S/c8-2-1(3(9)10)6-7-4(11)5-2/h(H,9,10)(H2,5,7,8,11). The van der Waals surface area contributed by atoms with Gasteiger partial charge in [-0.25, -0.2) is 4.79 Å². The molecule has 1 heterocycles. The average molecular weight is 173 g/mol. The number of aromatic carboxylic acids is 1. The predicted molar refractivity (Wildman–Crippen MR) is 37.0 cm³/mol. The number of H-pyrrole nitrogens is 2. The molecule has 0 aliphatic heterocycles. The van der Waals surface area contributed by atoms with Crippen molar-refractivity contribution in [3.05, 3.63) is 20.8 Å². The number of carboxylic acids is 1. The molecule has 1 rings (SSSR count). The van der Waals surface area contributed by atoms with Crippen LogP contribution in [0.1, 0.15) is 10.5 Å². The maximum atomic E-state index is 10.7. The molecular weight excluding hydrogens is 170 g/mol. The molecular formula is C4H3N3O3S. The van der Waals surface area contributed by atoms with Crippen LogP contribution in [-0.4, -0.2) is 26.3 Å². The minimum Gasteiger partial charge on any atom is -0.476 e. The Labute approximate surface area is 64.9 Å². The zero-order valence-electron chi connectivity index (χ0n) is 5.12. The van der Waals surface area contributed by atoms with Crippen molar-refractivity contribution in [1.82, 2.24) is 15.2 Å². The molecule has 0 unspecified atom stereocenters. The maximum Gasteiger partial charge on any atom is 0.362 e. The first-order chi connectivity index (χ1) is 5.11. The zero-order valence-corrected chi connectivity index (χ0v) is 5.94. The SMILES string of the molecule is O=C(O)c1n[nH]c(=S)[nH]c1=O. The van der Waals surface area contributed by atoms with Gasteiger partial charge >= 0.3 is 5.97 Å². The third kappa shape index (κ3) is 1.49. The number of nitrogens with zero attached hydrogens (tertiary/aromatic N) is 1.